The number of carbonyl (C=O) groups is 3. The van der Waals surface area contributed by atoms with Gasteiger partial charge in [-0.3, -0.25) is 14.4 Å². The Morgan fingerprint density at radius 3 is 2.35 bits per heavy atom. The van der Waals surface area contributed by atoms with Crippen LogP contribution in [-0.4, -0.2) is 44.1 Å². The van der Waals surface area contributed by atoms with Gasteiger partial charge in [-0.2, -0.15) is 0 Å². The van der Waals surface area contributed by atoms with Gasteiger partial charge in [0.1, 0.15) is 11.5 Å². The van der Waals surface area contributed by atoms with Crippen molar-refractivity contribution < 1.29 is 28.6 Å². The minimum absolute atomic E-state index is 0.0728. The molecule has 0 atom stereocenters. The second kappa shape index (κ2) is 12.4. The van der Waals surface area contributed by atoms with Crippen LogP contribution in [-0.2, 0) is 14.3 Å². The average Bonchev–Trinajstić information content (AvgIpc) is 2.75. The smallest absolute Gasteiger partial charge is 0.308 e. The lowest BCUT2D eigenvalue weighted by Gasteiger charge is -2.13. The van der Waals surface area contributed by atoms with Crippen molar-refractivity contribution in [2.24, 2.45) is 0 Å². The van der Waals surface area contributed by atoms with Crippen molar-refractivity contribution in [3.05, 3.63) is 53.1 Å². The van der Waals surface area contributed by atoms with E-state index in [1.807, 2.05) is 13.8 Å². The molecule has 2 amide bonds. The van der Waals surface area contributed by atoms with E-state index < -0.39 is 18.5 Å². The third-order valence-corrected chi connectivity index (χ3v) is 4.17. The third kappa shape index (κ3) is 8.18. The molecule has 2 aromatic carbocycles. The molecule has 166 valence electrons. The van der Waals surface area contributed by atoms with E-state index in [9.17, 15) is 14.4 Å². The minimum Gasteiger partial charge on any atom is -0.494 e. The van der Waals surface area contributed by atoms with Crippen LogP contribution < -0.4 is 20.1 Å². The van der Waals surface area contributed by atoms with Gasteiger partial charge >= 0.3 is 5.97 Å². The summed E-state index contributed by atoms with van der Waals surface area (Å²) in [7, 11) is 0. The molecular weight excluding hydrogens is 424 g/mol. The van der Waals surface area contributed by atoms with Crippen molar-refractivity contribution in [2.75, 3.05) is 31.7 Å². The SMILES string of the molecule is CCOc1ccc(OCC)c(NC(=O)COC(=O)CCNC(=O)c2ccc(Cl)cc2)c1. The maximum Gasteiger partial charge on any atom is 0.308 e. The summed E-state index contributed by atoms with van der Waals surface area (Å²) >= 11 is 5.78. The number of rotatable bonds is 11. The van der Waals surface area contributed by atoms with Gasteiger partial charge in [0.25, 0.3) is 11.8 Å². The molecule has 8 nitrogen and oxygen atoms in total. The van der Waals surface area contributed by atoms with E-state index in [-0.39, 0.29) is 18.9 Å². The normalized spacial score (nSPS) is 10.2. The zero-order chi connectivity index (χ0) is 22.6. The van der Waals surface area contributed by atoms with E-state index in [0.29, 0.717) is 41.0 Å². The topological polar surface area (TPSA) is 103 Å². The molecule has 0 saturated carbocycles. The van der Waals surface area contributed by atoms with Crippen molar-refractivity contribution in [3.63, 3.8) is 0 Å². The van der Waals surface area contributed by atoms with E-state index in [2.05, 4.69) is 10.6 Å². The summed E-state index contributed by atoms with van der Waals surface area (Å²) in [5, 5.41) is 5.78. The summed E-state index contributed by atoms with van der Waals surface area (Å²) < 4.78 is 15.9. The second-order valence-electron chi connectivity index (χ2n) is 6.25. The Morgan fingerprint density at radius 1 is 0.968 bits per heavy atom. The van der Waals surface area contributed by atoms with Gasteiger partial charge in [0.2, 0.25) is 0 Å². The number of anilines is 1. The Bertz CT molecular complexity index is 901. The highest BCUT2D eigenvalue weighted by atomic mass is 35.5. The van der Waals surface area contributed by atoms with Gasteiger partial charge in [0.05, 0.1) is 25.3 Å². The molecule has 0 heterocycles. The van der Waals surface area contributed by atoms with Gasteiger partial charge in [-0.25, -0.2) is 0 Å². The highest BCUT2D eigenvalue weighted by molar-refractivity contribution is 6.30. The molecule has 0 unspecified atom stereocenters. The highest BCUT2D eigenvalue weighted by Gasteiger charge is 2.13. The maximum absolute atomic E-state index is 12.2. The number of benzene rings is 2. The molecule has 9 heteroatoms. The lowest BCUT2D eigenvalue weighted by atomic mass is 10.2. The maximum atomic E-state index is 12.2. The van der Waals surface area contributed by atoms with Crippen LogP contribution in [0.25, 0.3) is 0 Å². The predicted molar refractivity (Wildman–Crippen MR) is 117 cm³/mol. The average molecular weight is 449 g/mol. The molecule has 0 aliphatic rings. The first-order chi connectivity index (χ1) is 14.9. The number of halogens is 1. The van der Waals surface area contributed by atoms with Crippen LogP contribution in [0.15, 0.2) is 42.5 Å². The van der Waals surface area contributed by atoms with E-state index in [0.717, 1.165) is 0 Å². The number of carbonyl (C=O) groups excluding carboxylic acids is 3. The number of hydrogen-bond acceptors (Lipinski definition) is 6. The summed E-state index contributed by atoms with van der Waals surface area (Å²) in [6, 6.07) is 11.4. The zero-order valence-corrected chi connectivity index (χ0v) is 18.2. The van der Waals surface area contributed by atoms with E-state index >= 15 is 0 Å². The van der Waals surface area contributed by atoms with Crippen LogP contribution >= 0.6 is 11.6 Å². The van der Waals surface area contributed by atoms with Gasteiger partial charge < -0.3 is 24.8 Å². The van der Waals surface area contributed by atoms with E-state index in [1.54, 1.807) is 42.5 Å². The summed E-state index contributed by atoms with van der Waals surface area (Å²) in [5.74, 6) is -0.405. The molecule has 0 spiro atoms. The molecule has 0 saturated heterocycles. The quantitative estimate of drug-likeness (QED) is 0.510. The largest absolute Gasteiger partial charge is 0.494 e. The van der Waals surface area contributed by atoms with E-state index in [1.165, 1.54) is 0 Å². The minimum atomic E-state index is -0.611. The first-order valence-corrected chi connectivity index (χ1v) is 10.2. The van der Waals surface area contributed by atoms with Crippen LogP contribution in [0.5, 0.6) is 11.5 Å². The number of amides is 2. The zero-order valence-electron chi connectivity index (χ0n) is 17.4. The number of ether oxygens (including phenoxy) is 3. The summed E-state index contributed by atoms with van der Waals surface area (Å²) in [6.45, 7) is 4.20. The van der Waals surface area contributed by atoms with Crippen molar-refractivity contribution in [1.29, 1.82) is 0 Å². The number of hydrogen-bond donors (Lipinski definition) is 2. The van der Waals surface area contributed by atoms with Gasteiger partial charge in [0, 0.05) is 23.2 Å². The first-order valence-electron chi connectivity index (χ1n) is 9.81. The fourth-order valence-corrected chi connectivity index (χ4v) is 2.66. The predicted octanol–water partition coefficient (Wildman–Crippen LogP) is 3.44. The molecule has 31 heavy (non-hydrogen) atoms. The van der Waals surface area contributed by atoms with Gasteiger partial charge in [-0.15, -0.1) is 0 Å². The van der Waals surface area contributed by atoms with Crippen LogP contribution in [0.3, 0.4) is 0 Å². The molecule has 0 bridgehead atoms. The monoisotopic (exact) mass is 448 g/mol. The summed E-state index contributed by atoms with van der Waals surface area (Å²) in [5.41, 5.74) is 0.848. The van der Waals surface area contributed by atoms with Crippen molar-refractivity contribution in [2.45, 2.75) is 20.3 Å². The summed E-state index contributed by atoms with van der Waals surface area (Å²) in [4.78, 5) is 36.0. The highest BCUT2D eigenvalue weighted by Crippen LogP contribution is 2.29. The molecular formula is C22H25ClN2O6. The first kappa shape index (κ1) is 24.0. The standard InChI is InChI=1S/C22H25ClN2O6/c1-3-29-17-9-10-19(30-4-2)18(13-17)25-20(26)14-31-21(27)11-12-24-22(28)15-5-7-16(23)8-6-15/h5-10,13H,3-4,11-12,14H2,1-2H3,(H,24,28)(H,25,26). The Balaban J connectivity index is 1.77. The van der Waals surface area contributed by atoms with Crippen LogP contribution in [0.4, 0.5) is 5.69 Å². The van der Waals surface area contributed by atoms with Crippen LogP contribution in [0.1, 0.15) is 30.6 Å². The summed E-state index contributed by atoms with van der Waals surface area (Å²) in [6.07, 6.45) is -0.0728. The number of esters is 1. The molecule has 0 radical (unpaired) electrons. The molecule has 0 aromatic heterocycles. The van der Waals surface area contributed by atoms with Crippen LogP contribution in [0, 0.1) is 0 Å². The molecule has 0 aliphatic heterocycles. The molecule has 0 aliphatic carbocycles. The van der Waals surface area contributed by atoms with Crippen LogP contribution in [0.2, 0.25) is 5.02 Å². The van der Waals surface area contributed by atoms with Crippen molar-refractivity contribution in [3.8, 4) is 11.5 Å². The van der Waals surface area contributed by atoms with E-state index in [4.69, 9.17) is 25.8 Å². The Hall–Kier alpha value is -3.26. The Labute approximate surface area is 185 Å². The fourth-order valence-electron chi connectivity index (χ4n) is 2.53. The molecule has 2 aromatic rings. The number of nitrogens with one attached hydrogen (secondary N) is 2. The fraction of sp³-hybridized carbons (Fsp3) is 0.318. The lowest BCUT2D eigenvalue weighted by Crippen LogP contribution is -2.27. The van der Waals surface area contributed by atoms with Gasteiger partial charge in [-0.1, -0.05) is 11.6 Å². The lowest BCUT2D eigenvalue weighted by molar-refractivity contribution is -0.147. The molecule has 2 rings (SSSR count). The van der Waals surface area contributed by atoms with Crippen molar-refractivity contribution >= 4 is 35.1 Å². The second-order valence-corrected chi connectivity index (χ2v) is 6.68. The third-order valence-electron chi connectivity index (χ3n) is 3.92. The molecule has 2 N–H and O–H groups in total. The molecule has 0 fully saturated rings. The van der Waals surface area contributed by atoms with Crippen molar-refractivity contribution in [1.82, 2.24) is 5.32 Å². The Morgan fingerprint density at radius 2 is 1.68 bits per heavy atom. The van der Waals surface area contributed by atoms with Gasteiger partial charge in [0.15, 0.2) is 6.61 Å². The van der Waals surface area contributed by atoms with Gasteiger partial charge in [-0.05, 0) is 50.2 Å². The Kier molecular flexibility index (Phi) is 9.64.